The predicted molar refractivity (Wildman–Crippen MR) is 127 cm³/mol. The summed E-state index contributed by atoms with van der Waals surface area (Å²) in [6.45, 7) is 6.06. The lowest BCUT2D eigenvalue weighted by atomic mass is 9.69. The molecule has 1 heterocycles. The summed E-state index contributed by atoms with van der Waals surface area (Å²) in [5, 5.41) is 0. The summed E-state index contributed by atoms with van der Waals surface area (Å²) in [6.07, 6.45) is 7.39. The van der Waals surface area contributed by atoms with Gasteiger partial charge in [-0.2, -0.15) is 0 Å². The summed E-state index contributed by atoms with van der Waals surface area (Å²) in [5.74, 6) is -0.336. The Balaban J connectivity index is 1.79. The molecule has 1 aliphatic carbocycles. The standard InChI is InChI=1S/C27H32O7/c1-17(2)7-6-8-18(3)13-24-27(16-25(29)34-24)15-20(10-12-23(27)28)33-26(30)21-11-9-19(31-4)14-22(21)32-5/h7,9-14,20,24H,6,8,15-16H2,1-5H3/b18-13+/t20-,24-,27?/m1/s1. The molecule has 0 aromatic heterocycles. The lowest BCUT2D eigenvalue weighted by molar-refractivity contribution is -0.140. The number of cyclic esters (lactones) is 1. The van der Waals surface area contributed by atoms with Gasteiger partial charge in [0, 0.05) is 12.5 Å². The van der Waals surface area contributed by atoms with Crippen LogP contribution in [0.15, 0.2) is 53.6 Å². The molecule has 7 nitrogen and oxygen atoms in total. The third-order valence-corrected chi connectivity index (χ3v) is 6.20. The van der Waals surface area contributed by atoms with E-state index < -0.39 is 29.6 Å². The number of carbonyl (C=O) groups is 3. The SMILES string of the molecule is COc1ccc(C(=O)O[C@@H]2C=CC(=O)C3(CC(=O)O[C@@H]3/C=C(\C)CCC=C(C)C)C2)c(OC)c1. The fourth-order valence-electron chi connectivity index (χ4n) is 4.33. The Morgan fingerprint density at radius 3 is 2.62 bits per heavy atom. The van der Waals surface area contributed by atoms with Gasteiger partial charge in [0.1, 0.15) is 29.3 Å². The number of benzene rings is 1. The lowest BCUT2D eigenvalue weighted by Gasteiger charge is -2.34. The zero-order valence-corrected chi connectivity index (χ0v) is 20.4. The predicted octanol–water partition coefficient (Wildman–Crippen LogP) is 4.75. The van der Waals surface area contributed by atoms with E-state index in [0.717, 1.165) is 18.4 Å². The summed E-state index contributed by atoms with van der Waals surface area (Å²) >= 11 is 0. The maximum Gasteiger partial charge on any atom is 0.342 e. The molecule has 1 fully saturated rings. The summed E-state index contributed by atoms with van der Waals surface area (Å²) in [6, 6.07) is 4.81. The maximum atomic E-state index is 13.0. The summed E-state index contributed by atoms with van der Waals surface area (Å²) in [4.78, 5) is 38.2. The molecule has 1 spiro atoms. The van der Waals surface area contributed by atoms with Gasteiger partial charge in [0.15, 0.2) is 5.78 Å². The first-order chi connectivity index (χ1) is 16.2. The molecule has 3 rings (SSSR count). The first kappa shape index (κ1) is 25.3. The van der Waals surface area contributed by atoms with E-state index in [4.69, 9.17) is 18.9 Å². The Bertz CT molecular complexity index is 1050. The van der Waals surface area contributed by atoms with Gasteiger partial charge in [-0.15, -0.1) is 0 Å². The molecule has 0 N–H and O–H groups in total. The monoisotopic (exact) mass is 468 g/mol. The molecule has 1 unspecified atom stereocenters. The minimum Gasteiger partial charge on any atom is -0.497 e. The van der Waals surface area contributed by atoms with Crippen LogP contribution in [0.4, 0.5) is 0 Å². The van der Waals surface area contributed by atoms with E-state index in [0.29, 0.717) is 11.5 Å². The second kappa shape index (κ2) is 10.7. The van der Waals surface area contributed by atoms with Gasteiger partial charge >= 0.3 is 11.9 Å². The van der Waals surface area contributed by atoms with Crippen LogP contribution in [0.1, 0.15) is 56.8 Å². The Morgan fingerprint density at radius 1 is 1.18 bits per heavy atom. The highest BCUT2D eigenvalue weighted by Gasteiger charge is 2.55. The third kappa shape index (κ3) is 5.58. The van der Waals surface area contributed by atoms with Crippen LogP contribution in [-0.4, -0.2) is 44.1 Å². The zero-order valence-electron chi connectivity index (χ0n) is 20.4. The maximum absolute atomic E-state index is 13.0. The Morgan fingerprint density at radius 2 is 1.94 bits per heavy atom. The van der Waals surface area contributed by atoms with Crippen molar-refractivity contribution in [2.24, 2.45) is 5.41 Å². The van der Waals surface area contributed by atoms with Gasteiger partial charge in [-0.3, -0.25) is 9.59 Å². The van der Waals surface area contributed by atoms with Gasteiger partial charge in [-0.05, 0) is 64.0 Å². The van der Waals surface area contributed by atoms with Crippen molar-refractivity contribution in [3.8, 4) is 11.5 Å². The van der Waals surface area contributed by atoms with Crippen LogP contribution >= 0.6 is 0 Å². The molecule has 1 aliphatic heterocycles. The number of carbonyl (C=O) groups excluding carboxylic acids is 3. The van der Waals surface area contributed by atoms with Crippen molar-refractivity contribution in [2.75, 3.05) is 14.2 Å². The first-order valence-corrected chi connectivity index (χ1v) is 11.3. The molecule has 0 amide bonds. The van der Waals surface area contributed by atoms with Crippen LogP contribution < -0.4 is 9.47 Å². The Kier molecular flexibility index (Phi) is 7.97. The van der Waals surface area contributed by atoms with Crippen LogP contribution in [0.5, 0.6) is 11.5 Å². The van der Waals surface area contributed by atoms with Gasteiger partial charge in [0.2, 0.25) is 0 Å². The number of esters is 2. The topological polar surface area (TPSA) is 88.1 Å². The summed E-state index contributed by atoms with van der Waals surface area (Å²) < 4.78 is 21.7. The number of hydrogen-bond acceptors (Lipinski definition) is 7. The summed E-state index contributed by atoms with van der Waals surface area (Å²) in [7, 11) is 2.98. The molecular weight excluding hydrogens is 436 g/mol. The fourth-order valence-corrected chi connectivity index (χ4v) is 4.33. The zero-order chi connectivity index (χ0) is 24.9. The number of ketones is 1. The third-order valence-electron chi connectivity index (χ3n) is 6.20. The number of ether oxygens (including phenoxy) is 4. The van der Waals surface area contributed by atoms with Crippen LogP contribution in [0, 0.1) is 5.41 Å². The number of hydrogen-bond donors (Lipinski definition) is 0. The number of allylic oxidation sites excluding steroid dienone is 4. The van der Waals surface area contributed by atoms with E-state index in [1.165, 1.54) is 25.9 Å². The summed E-state index contributed by atoms with van der Waals surface area (Å²) in [5.41, 5.74) is 1.43. The highest BCUT2D eigenvalue weighted by Crippen LogP contribution is 2.45. The van der Waals surface area contributed by atoms with Gasteiger partial charge in [-0.1, -0.05) is 17.2 Å². The van der Waals surface area contributed by atoms with E-state index in [9.17, 15) is 14.4 Å². The van der Waals surface area contributed by atoms with Crippen LogP contribution in [0.25, 0.3) is 0 Å². The van der Waals surface area contributed by atoms with Crippen molar-refractivity contribution in [1.82, 2.24) is 0 Å². The fraction of sp³-hybridized carbons (Fsp3) is 0.444. The van der Waals surface area contributed by atoms with Gasteiger partial charge in [0.25, 0.3) is 0 Å². The number of methoxy groups -OCH3 is 2. The second-order valence-electron chi connectivity index (χ2n) is 9.01. The van der Waals surface area contributed by atoms with E-state index >= 15 is 0 Å². The molecule has 34 heavy (non-hydrogen) atoms. The van der Waals surface area contributed by atoms with Crippen LogP contribution in [0.3, 0.4) is 0 Å². The second-order valence-corrected chi connectivity index (χ2v) is 9.01. The highest BCUT2D eigenvalue weighted by atomic mass is 16.6. The molecule has 1 saturated heterocycles. The minimum atomic E-state index is -1.08. The first-order valence-electron chi connectivity index (χ1n) is 11.3. The van der Waals surface area contributed by atoms with Crippen molar-refractivity contribution >= 4 is 17.7 Å². The Hall–Kier alpha value is -3.35. The lowest BCUT2D eigenvalue weighted by Crippen LogP contribution is -2.43. The highest BCUT2D eigenvalue weighted by molar-refractivity contribution is 6.01. The van der Waals surface area contributed by atoms with Crippen molar-refractivity contribution < 1.29 is 33.3 Å². The number of rotatable bonds is 8. The smallest absolute Gasteiger partial charge is 0.342 e. The van der Waals surface area contributed by atoms with E-state index in [-0.39, 0.29) is 24.2 Å². The normalized spacial score (nSPS) is 24.1. The van der Waals surface area contributed by atoms with E-state index in [1.807, 2.05) is 26.8 Å². The van der Waals surface area contributed by atoms with E-state index in [2.05, 4.69) is 6.08 Å². The molecule has 3 atom stereocenters. The van der Waals surface area contributed by atoms with Gasteiger partial charge in [-0.25, -0.2) is 4.79 Å². The molecule has 1 aromatic carbocycles. The molecule has 1 aromatic rings. The van der Waals surface area contributed by atoms with Gasteiger partial charge in [0.05, 0.1) is 26.1 Å². The molecule has 0 saturated carbocycles. The quantitative estimate of drug-likeness (QED) is 0.402. The van der Waals surface area contributed by atoms with E-state index in [1.54, 1.807) is 24.3 Å². The van der Waals surface area contributed by atoms with Crippen molar-refractivity contribution in [3.63, 3.8) is 0 Å². The van der Waals surface area contributed by atoms with Crippen LogP contribution in [0.2, 0.25) is 0 Å². The molecular formula is C27H32O7. The molecule has 182 valence electrons. The average Bonchev–Trinajstić information content (AvgIpc) is 3.10. The van der Waals surface area contributed by atoms with Crippen molar-refractivity contribution in [3.05, 3.63) is 59.2 Å². The van der Waals surface area contributed by atoms with Crippen molar-refractivity contribution in [2.45, 2.75) is 58.7 Å². The molecule has 2 aliphatic rings. The molecule has 7 heteroatoms. The molecule has 0 bridgehead atoms. The Labute approximate surface area is 200 Å². The average molecular weight is 469 g/mol. The largest absolute Gasteiger partial charge is 0.497 e. The minimum absolute atomic E-state index is 0.0432. The molecule has 0 radical (unpaired) electrons. The van der Waals surface area contributed by atoms with Gasteiger partial charge < -0.3 is 18.9 Å². The van der Waals surface area contributed by atoms with Crippen LogP contribution in [-0.2, 0) is 19.1 Å². The van der Waals surface area contributed by atoms with Crippen molar-refractivity contribution in [1.29, 1.82) is 0 Å².